The van der Waals surface area contributed by atoms with Crippen LogP contribution in [0.5, 0.6) is 11.5 Å². The van der Waals surface area contributed by atoms with E-state index in [9.17, 15) is 19.2 Å². The molecule has 0 bridgehead atoms. The zero-order valence-corrected chi connectivity index (χ0v) is 18.6. The van der Waals surface area contributed by atoms with Gasteiger partial charge in [-0.2, -0.15) is 0 Å². The van der Waals surface area contributed by atoms with Crippen LogP contribution in [0.1, 0.15) is 43.8 Å². The molecule has 5 rings (SSSR count). The highest BCUT2D eigenvalue weighted by Gasteiger charge is 2.36. The van der Waals surface area contributed by atoms with Gasteiger partial charge < -0.3 is 23.9 Å². The van der Waals surface area contributed by atoms with Crippen LogP contribution < -0.4 is 14.8 Å². The normalized spacial score (nSPS) is 14.9. The molecule has 10 nitrogen and oxygen atoms in total. The Hall–Kier alpha value is -4.60. The molecule has 1 unspecified atom stereocenters. The summed E-state index contributed by atoms with van der Waals surface area (Å²) in [5.41, 5.74) is 0.774. The van der Waals surface area contributed by atoms with Crippen LogP contribution in [-0.4, -0.2) is 47.9 Å². The first kappa shape index (κ1) is 22.2. The fourth-order valence-electron chi connectivity index (χ4n) is 3.77. The van der Waals surface area contributed by atoms with Gasteiger partial charge in [0.15, 0.2) is 17.6 Å². The first-order valence-corrected chi connectivity index (χ1v) is 10.8. The lowest BCUT2D eigenvalue weighted by Crippen LogP contribution is -2.30. The summed E-state index contributed by atoms with van der Waals surface area (Å²) >= 11 is 0. The number of esters is 1. The molecule has 0 radical (unpaired) electrons. The number of amides is 3. The van der Waals surface area contributed by atoms with Crippen molar-refractivity contribution in [2.75, 3.05) is 18.5 Å². The Morgan fingerprint density at radius 3 is 2.54 bits per heavy atom. The van der Waals surface area contributed by atoms with Gasteiger partial charge in [0.1, 0.15) is 19.0 Å². The molecular weight excluding hydrogens is 456 g/mol. The number of fused-ring (bicyclic) bond motifs is 2. The molecule has 2 aliphatic heterocycles. The molecule has 0 fully saturated rings. The summed E-state index contributed by atoms with van der Waals surface area (Å²) in [4.78, 5) is 51.7. The van der Waals surface area contributed by atoms with Gasteiger partial charge in [0.25, 0.3) is 17.7 Å². The van der Waals surface area contributed by atoms with Crippen molar-refractivity contribution in [1.29, 1.82) is 0 Å². The third-order valence-electron chi connectivity index (χ3n) is 5.56. The van der Waals surface area contributed by atoms with E-state index in [1.165, 1.54) is 31.4 Å². The molecule has 10 heteroatoms. The number of rotatable bonds is 6. The van der Waals surface area contributed by atoms with Gasteiger partial charge in [0, 0.05) is 11.8 Å². The molecular formula is C25H20N2O8. The first-order valence-electron chi connectivity index (χ1n) is 10.8. The maximum Gasteiger partial charge on any atom is 0.338 e. The van der Waals surface area contributed by atoms with Gasteiger partial charge in [0.2, 0.25) is 0 Å². The summed E-state index contributed by atoms with van der Waals surface area (Å²) in [5, 5.41) is 2.66. The number of nitrogens with zero attached hydrogens (tertiary/aromatic N) is 1. The van der Waals surface area contributed by atoms with Crippen molar-refractivity contribution >= 4 is 29.4 Å². The van der Waals surface area contributed by atoms with Crippen molar-refractivity contribution in [3.05, 3.63) is 77.2 Å². The van der Waals surface area contributed by atoms with Gasteiger partial charge in [0.05, 0.1) is 29.5 Å². The van der Waals surface area contributed by atoms with E-state index in [-0.39, 0.29) is 23.2 Å². The minimum absolute atomic E-state index is 0.0177. The average Bonchev–Trinajstić information content (AvgIpc) is 3.46. The minimum atomic E-state index is -1.13. The summed E-state index contributed by atoms with van der Waals surface area (Å²) < 4.78 is 21.5. The maximum atomic E-state index is 12.8. The Kier molecular flexibility index (Phi) is 5.69. The van der Waals surface area contributed by atoms with Gasteiger partial charge in [-0.1, -0.05) is 0 Å². The van der Waals surface area contributed by atoms with Crippen LogP contribution in [0.15, 0.2) is 59.2 Å². The second-order valence-electron chi connectivity index (χ2n) is 7.93. The largest absolute Gasteiger partial charge is 0.486 e. The maximum absolute atomic E-state index is 12.8. The van der Waals surface area contributed by atoms with Gasteiger partial charge in [-0.25, -0.2) is 4.79 Å². The number of carbonyl (C=O) groups excluding carboxylic acids is 4. The van der Waals surface area contributed by atoms with E-state index in [2.05, 4.69) is 5.32 Å². The number of anilines is 1. The SMILES string of the molecule is CC(OC(=O)c1ccc2c(c1)C(=O)N(Cc1ccco1)C2=O)C(=O)Nc1ccc2c(c1)OCCO2. The average molecular weight is 476 g/mol. The first-order chi connectivity index (χ1) is 16.9. The minimum Gasteiger partial charge on any atom is -0.486 e. The van der Waals surface area contributed by atoms with Crippen LogP contribution in [-0.2, 0) is 16.1 Å². The second-order valence-corrected chi connectivity index (χ2v) is 7.93. The smallest absolute Gasteiger partial charge is 0.338 e. The van der Waals surface area contributed by atoms with Crippen LogP contribution in [0.4, 0.5) is 5.69 Å². The zero-order chi connectivity index (χ0) is 24.5. The summed E-state index contributed by atoms with van der Waals surface area (Å²) in [6.07, 6.45) is 0.323. The molecule has 0 spiro atoms. The van der Waals surface area contributed by atoms with Crippen molar-refractivity contribution < 1.29 is 37.8 Å². The lowest BCUT2D eigenvalue weighted by molar-refractivity contribution is -0.123. The number of nitrogens with one attached hydrogen (secondary N) is 1. The van der Waals surface area contributed by atoms with E-state index < -0.39 is 29.8 Å². The number of furan rings is 1. The highest BCUT2D eigenvalue weighted by Crippen LogP contribution is 2.32. The zero-order valence-electron chi connectivity index (χ0n) is 18.6. The lowest BCUT2D eigenvalue weighted by Gasteiger charge is -2.19. The molecule has 3 aromatic rings. The monoisotopic (exact) mass is 476 g/mol. The lowest BCUT2D eigenvalue weighted by atomic mass is 10.1. The predicted molar refractivity (Wildman–Crippen MR) is 120 cm³/mol. The Balaban J connectivity index is 1.24. The Labute approximate surface area is 199 Å². The molecule has 35 heavy (non-hydrogen) atoms. The van der Waals surface area contributed by atoms with Gasteiger partial charge in [-0.3, -0.25) is 19.3 Å². The number of ether oxygens (including phenoxy) is 3. The number of imide groups is 1. The molecule has 0 saturated heterocycles. The molecule has 1 aromatic heterocycles. The summed E-state index contributed by atoms with van der Waals surface area (Å²) in [6, 6.07) is 12.3. The molecule has 3 heterocycles. The second kappa shape index (κ2) is 8.98. The molecule has 3 amide bonds. The molecule has 0 saturated carbocycles. The van der Waals surface area contributed by atoms with E-state index in [4.69, 9.17) is 18.6 Å². The van der Waals surface area contributed by atoms with Gasteiger partial charge in [-0.15, -0.1) is 0 Å². The van der Waals surface area contributed by atoms with Crippen LogP contribution in [0.3, 0.4) is 0 Å². The predicted octanol–water partition coefficient (Wildman–Crippen LogP) is 3.03. The van der Waals surface area contributed by atoms with E-state index in [0.717, 1.165) is 4.90 Å². The Morgan fingerprint density at radius 1 is 1.00 bits per heavy atom. The molecule has 1 N–H and O–H groups in total. The van der Waals surface area contributed by atoms with Crippen molar-refractivity contribution in [3.8, 4) is 11.5 Å². The van der Waals surface area contributed by atoms with Gasteiger partial charge in [-0.05, 0) is 49.4 Å². The summed E-state index contributed by atoms with van der Waals surface area (Å²) in [7, 11) is 0. The van der Waals surface area contributed by atoms with E-state index >= 15 is 0 Å². The number of carbonyl (C=O) groups is 4. The van der Waals surface area contributed by atoms with Crippen molar-refractivity contribution in [3.63, 3.8) is 0 Å². The molecule has 178 valence electrons. The van der Waals surface area contributed by atoms with Crippen molar-refractivity contribution in [1.82, 2.24) is 4.90 Å². The fraction of sp³-hybridized carbons (Fsp3) is 0.200. The van der Waals surface area contributed by atoms with Gasteiger partial charge >= 0.3 is 5.97 Å². The third kappa shape index (κ3) is 4.33. The van der Waals surface area contributed by atoms with Crippen LogP contribution in [0.2, 0.25) is 0 Å². The summed E-state index contributed by atoms with van der Waals surface area (Å²) in [6.45, 7) is 2.28. The van der Waals surface area contributed by atoms with E-state index in [1.54, 1.807) is 30.3 Å². The summed E-state index contributed by atoms with van der Waals surface area (Å²) in [5.74, 6) is -0.821. The topological polar surface area (TPSA) is 124 Å². The number of hydrogen-bond acceptors (Lipinski definition) is 8. The number of hydrogen-bond donors (Lipinski definition) is 1. The highest BCUT2D eigenvalue weighted by atomic mass is 16.6. The van der Waals surface area contributed by atoms with Crippen molar-refractivity contribution in [2.45, 2.75) is 19.6 Å². The standard InChI is InChI=1S/C25H20N2O8/c1-14(22(28)26-16-5-7-20-21(12-16)34-10-9-33-20)35-25(31)15-4-6-18-19(11-15)24(30)27(23(18)29)13-17-3-2-8-32-17/h2-8,11-12,14H,9-10,13H2,1H3,(H,26,28). The van der Waals surface area contributed by atoms with E-state index in [0.29, 0.717) is 36.2 Å². The number of benzene rings is 2. The Morgan fingerprint density at radius 2 is 1.77 bits per heavy atom. The van der Waals surface area contributed by atoms with Crippen LogP contribution >= 0.6 is 0 Å². The van der Waals surface area contributed by atoms with Crippen LogP contribution in [0, 0.1) is 0 Å². The fourth-order valence-corrected chi connectivity index (χ4v) is 3.77. The quantitative estimate of drug-likeness (QED) is 0.425. The molecule has 1 atom stereocenters. The van der Waals surface area contributed by atoms with Crippen LogP contribution in [0.25, 0.3) is 0 Å². The molecule has 2 aromatic carbocycles. The highest BCUT2D eigenvalue weighted by molar-refractivity contribution is 6.21. The molecule has 2 aliphatic rings. The molecule has 0 aliphatic carbocycles. The van der Waals surface area contributed by atoms with E-state index in [1.807, 2.05) is 0 Å². The Bertz CT molecular complexity index is 1330. The third-order valence-corrected chi connectivity index (χ3v) is 5.56. The van der Waals surface area contributed by atoms with Crippen molar-refractivity contribution in [2.24, 2.45) is 0 Å².